The molecule has 5 rings (SSSR count). The Morgan fingerprint density at radius 1 is 1.03 bits per heavy atom. The number of carbonyl (C=O) groups excluding carboxylic acids is 1. The van der Waals surface area contributed by atoms with Crippen LogP contribution in [0.15, 0.2) is 77.2 Å². The van der Waals surface area contributed by atoms with Gasteiger partial charge in [-0.1, -0.05) is 49.2 Å². The summed E-state index contributed by atoms with van der Waals surface area (Å²) in [5.41, 5.74) is 6.28. The molecule has 1 aromatic heterocycles. The quantitative estimate of drug-likeness (QED) is 0.174. The molecule has 4 aromatic rings. The van der Waals surface area contributed by atoms with Crippen molar-refractivity contribution in [3.8, 4) is 11.5 Å². The lowest BCUT2D eigenvalue weighted by Gasteiger charge is -2.26. The monoisotopic (exact) mass is 497 g/mol. The summed E-state index contributed by atoms with van der Waals surface area (Å²) in [4.78, 5) is 16.1. The van der Waals surface area contributed by atoms with Gasteiger partial charge in [0, 0.05) is 24.3 Å². The fourth-order valence-electron chi connectivity index (χ4n) is 5.15. The van der Waals surface area contributed by atoms with Gasteiger partial charge < -0.3 is 19.8 Å². The van der Waals surface area contributed by atoms with Crippen molar-refractivity contribution in [1.82, 2.24) is 10.3 Å². The molecule has 6 nitrogen and oxygen atoms in total. The summed E-state index contributed by atoms with van der Waals surface area (Å²) in [7, 11) is 0. The van der Waals surface area contributed by atoms with Crippen LogP contribution in [0.3, 0.4) is 0 Å². The first-order valence-corrected chi connectivity index (χ1v) is 13.4. The number of esters is 1. The molecule has 37 heavy (non-hydrogen) atoms. The van der Waals surface area contributed by atoms with Crippen molar-refractivity contribution in [3.05, 3.63) is 83.9 Å². The Hall–Kier alpha value is -3.64. The lowest BCUT2D eigenvalue weighted by molar-refractivity contribution is -0.142. The molecule has 0 bridgehead atoms. The van der Waals surface area contributed by atoms with Crippen LogP contribution in [-0.4, -0.2) is 24.1 Å². The van der Waals surface area contributed by atoms with Gasteiger partial charge in [0.25, 0.3) is 0 Å². The predicted octanol–water partition coefficient (Wildman–Crippen LogP) is 6.88. The molecule has 0 amide bonds. The van der Waals surface area contributed by atoms with Gasteiger partial charge in [-0.3, -0.25) is 4.79 Å². The molecule has 3 aromatic carbocycles. The molecule has 192 valence electrons. The number of hydrogen-bond acceptors (Lipinski definition) is 6. The molecule has 0 unspecified atom stereocenters. The van der Waals surface area contributed by atoms with Crippen molar-refractivity contribution in [2.75, 3.05) is 18.5 Å². The number of nitrogens with zero attached hydrogens (tertiary/aromatic N) is 1. The largest absolute Gasteiger partial charge is 0.466 e. The third-order valence-electron chi connectivity index (χ3n) is 7.10. The number of benzene rings is 3. The average Bonchev–Trinajstić information content (AvgIpc) is 3.61. The maximum Gasteiger partial charge on any atom is 0.307 e. The van der Waals surface area contributed by atoms with Crippen LogP contribution in [0.4, 0.5) is 5.69 Å². The Labute approximate surface area is 218 Å². The maximum absolute atomic E-state index is 11.5. The average molecular weight is 498 g/mol. The molecule has 1 aliphatic carbocycles. The highest BCUT2D eigenvalue weighted by Gasteiger charge is 2.26. The minimum atomic E-state index is -0.158. The van der Waals surface area contributed by atoms with E-state index in [0.717, 1.165) is 28.9 Å². The third kappa shape index (κ3) is 6.38. The van der Waals surface area contributed by atoms with Gasteiger partial charge in [-0.25, -0.2) is 4.98 Å². The number of anilines is 1. The van der Waals surface area contributed by atoms with Crippen molar-refractivity contribution < 1.29 is 13.9 Å². The zero-order chi connectivity index (χ0) is 25.5. The summed E-state index contributed by atoms with van der Waals surface area (Å²) in [6.45, 7) is 3.59. The van der Waals surface area contributed by atoms with Crippen LogP contribution in [0.1, 0.15) is 56.2 Å². The number of aromatic nitrogens is 1. The molecule has 1 fully saturated rings. The lowest BCUT2D eigenvalue weighted by atomic mass is 9.90. The Morgan fingerprint density at radius 3 is 2.51 bits per heavy atom. The Kier molecular flexibility index (Phi) is 8.16. The molecular weight excluding hydrogens is 462 g/mol. The van der Waals surface area contributed by atoms with Crippen LogP contribution in [0.2, 0.25) is 0 Å². The first-order valence-electron chi connectivity index (χ1n) is 13.4. The summed E-state index contributed by atoms with van der Waals surface area (Å²) in [6.07, 6.45) is 5.46. The van der Waals surface area contributed by atoms with Crippen LogP contribution < -0.4 is 10.6 Å². The van der Waals surface area contributed by atoms with E-state index in [-0.39, 0.29) is 12.0 Å². The number of nitrogens with one attached hydrogen (secondary N) is 2. The number of oxazole rings is 1. The number of rotatable bonds is 11. The van der Waals surface area contributed by atoms with E-state index >= 15 is 0 Å². The number of carbonyl (C=O) groups is 1. The first kappa shape index (κ1) is 25.0. The highest BCUT2D eigenvalue weighted by molar-refractivity contribution is 5.76. The van der Waals surface area contributed by atoms with E-state index in [1.807, 2.05) is 31.2 Å². The molecule has 6 heteroatoms. The molecule has 1 aliphatic rings. The molecular formula is C31H35N3O3. The Balaban J connectivity index is 1.24. The van der Waals surface area contributed by atoms with Gasteiger partial charge in [-0.15, -0.1) is 0 Å². The molecule has 0 radical (unpaired) electrons. The molecule has 0 saturated heterocycles. The first-order chi connectivity index (χ1) is 18.2. The molecule has 1 heterocycles. The summed E-state index contributed by atoms with van der Waals surface area (Å²) in [5.74, 6) is 1.11. The van der Waals surface area contributed by atoms with Crippen molar-refractivity contribution in [2.24, 2.45) is 5.92 Å². The van der Waals surface area contributed by atoms with E-state index in [1.54, 1.807) is 0 Å². The minimum absolute atomic E-state index is 0.158. The van der Waals surface area contributed by atoms with Gasteiger partial charge in [0.05, 0.1) is 19.1 Å². The zero-order valence-electron chi connectivity index (χ0n) is 21.4. The normalized spacial score (nSPS) is 14.6. The summed E-state index contributed by atoms with van der Waals surface area (Å²) in [6, 6.07) is 25.4. The van der Waals surface area contributed by atoms with Crippen LogP contribution in [0.5, 0.6) is 0 Å². The van der Waals surface area contributed by atoms with Crippen molar-refractivity contribution in [1.29, 1.82) is 0 Å². The van der Waals surface area contributed by atoms with Crippen LogP contribution in [-0.2, 0) is 16.1 Å². The van der Waals surface area contributed by atoms with Gasteiger partial charge in [-0.05, 0) is 73.2 Å². The minimum Gasteiger partial charge on any atom is -0.466 e. The number of para-hydroxylation sites is 2. The van der Waals surface area contributed by atoms with E-state index in [0.29, 0.717) is 31.4 Å². The van der Waals surface area contributed by atoms with Crippen molar-refractivity contribution in [2.45, 2.75) is 51.6 Å². The standard InChI is InChI=1S/C31H35N3O3/c1-2-36-29(35)19-20-32-21-22-11-17-26(18-12-22)33-30(23-7-3-4-8-23)24-13-15-25(16-14-24)31-34-27-9-5-6-10-28(27)37-31/h5-6,9-18,23,30,32-33H,2-4,7-8,19-21H2,1H3/t30-/m1/s1. The summed E-state index contributed by atoms with van der Waals surface area (Å²) >= 11 is 0. The molecule has 1 atom stereocenters. The summed E-state index contributed by atoms with van der Waals surface area (Å²) in [5, 5.41) is 7.14. The van der Waals surface area contributed by atoms with E-state index < -0.39 is 0 Å². The predicted molar refractivity (Wildman–Crippen MR) is 147 cm³/mol. The Morgan fingerprint density at radius 2 is 1.78 bits per heavy atom. The second kappa shape index (κ2) is 12.1. The second-order valence-electron chi connectivity index (χ2n) is 9.70. The van der Waals surface area contributed by atoms with E-state index in [9.17, 15) is 4.79 Å². The lowest BCUT2D eigenvalue weighted by Crippen LogP contribution is -2.20. The fraction of sp³-hybridized carbons (Fsp3) is 0.355. The summed E-state index contributed by atoms with van der Waals surface area (Å²) < 4.78 is 10.9. The highest BCUT2D eigenvalue weighted by atomic mass is 16.5. The smallest absolute Gasteiger partial charge is 0.307 e. The number of hydrogen-bond donors (Lipinski definition) is 2. The second-order valence-corrected chi connectivity index (χ2v) is 9.70. The fourth-order valence-corrected chi connectivity index (χ4v) is 5.15. The SMILES string of the molecule is CCOC(=O)CCNCc1ccc(N[C@@H](c2ccc(-c3nc4ccccc4o3)cc2)C2CCCC2)cc1. The van der Waals surface area contributed by atoms with Crippen molar-refractivity contribution >= 4 is 22.8 Å². The molecule has 2 N–H and O–H groups in total. The highest BCUT2D eigenvalue weighted by Crippen LogP contribution is 2.38. The third-order valence-corrected chi connectivity index (χ3v) is 7.10. The molecule has 0 spiro atoms. The Bertz CT molecular complexity index is 1260. The molecule has 0 aliphatic heterocycles. The number of ether oxygens (including phenoxy) is 1. The van der Waals surface area contributed by atoms with Crippen molar-refractivity contribution in [3.63, 3.8) is 0 Å². The van der Waals surface area contributed by atoms with Crippen LogP contribution in [0, 0.1) is 5.92 Å². The van der Waals surface area contributed by atoms with E-state index in [1.165, 1.54) is 36.8 Å². The zero-order valence-corrected chi connectivity index (χ0v) is 21.4. The topological polar surface area (TPSA) is 76.4 Å². The number of fused-ring (bicyclic) bond motifs is 1. The van der Waals surface area contributed by atoms with Crippen LogP contribution in [0.25, 0.3) is 22.6 Å². The van der Waals surface area contributed by atoms with Crippen LogP contribution >= 0.6 is 0 Å². The van der Waals surface area contributed by atoms with Gasteiger partial charge in [0.1, 0.15) is 5.52 Å². The van der Waals surface area contributed by atoms with Gasteiger partial charge in [0.15, 0.2) is 5.58 Å². The molecule has 1 saturated carbocycles. The van der Waals surface area contributed by atoms with E-state index in [4.69, 9.17) is 9.15 Å². The van der Waals surface area contributed by atoms with Gasteiger partial charge in [0.2, 0.25) is 5.89 Å². The van der Waals surface area contributed by atoms with E-state index in [2.05, 4.69) is 64.1 Å². The van der Waals surface area contributed by atoms with Gasteiger partial charge >= 0.3 is 5.97 Å². The maximum atomic E-state index is 11.5. The van der Waals surface area contributed by atoms with Gasteiger partial charge in [-0.2, -0.15) is 0 Å².